The Labute approximate surface area is 37.2 Å². The van der Waals surface area contributed by atoms with Gasteiger partial charge in [-0.1, -0.05) is 0 Å². The largest absolute Gasteiger partial charge is 0.402 e. The third-order valence-corrected chi connectivity index (χ3v) is 0.346. The zero-order valence-electron chi connectivity index (χ0n) is 3.73. The molecule has 0 atom stereocenters. The third kappa shape index (κ3) is 3.21. The van der Waals surface area contributed by atoms with Gasteiger partial charge in [-0.25, -0.2) is 0 Å². The predicted molar refractivity (Wildman–Crippen MR) is 26.7 cm³/mol. The van der Waals surface area contributed by atoms with Crippen LogP contribution in [-0.2, 0) is 0 Å². The molecule has 0 aliphatic carbocycles. The maximum absolute atomic E-state index is 6.45. The molecular formula is C4H8N2. The number of nitrogens with one attached hydrogen (secondary N) is 1. The zero-order chi connectivity index (χ0) is 4.99. The molecule has 0 aliphatic rings. The minimum atomic E-state index is 0.671. The first-order valence-corrected chi connectivity index (χ1v) is 1.70. The van der Waals surface area contributed by atoms with E-state index in [2.05, 4.69) is 0 Å². The lowest BCUT2D eigenvalue weighted by atomic mass is 10.5. The lowest BCUT2D eigenvalue weighted by molar-refractivity contribution is 1.32. The molecule has 0 fully saturated rings. The molecule has 6 heavy (non-hydrogen) atoms. The van der Waals surface area contributed by atoms with Crippen molar-refractivity contribution in [3.05, 3.63) is 11.8 Å². The van der Waals surface area contributed by atoms with Gasteiger partial charge in [-0.2, -0.15) is 0 Å². The zero-order valence-corrected chi connectivity index (χ0v) is 3.73. The van der Waals surface area contributed by atoms with E-state index in [1.54, 1.807) is 6.92 Å². The van der Waals surface area contributed by atoms with Crippen LogP contribution in [0.2, 0.25) is 0 Å². The van der Waals surface area contributed by atoms with Gasteiger partial charge in [0.2, 0.25) is 0 Å². The summed E-state index contributed by atoms with van der Waals surface area (Å²) in [4.78, 5) is 0. The fourth-order valence-electron chi connectivity index (χ4n) is 0.131. The van der Waals surface area contributed by atoms with Gasteiger partial charge in [-0.05, 0) is 13.0 Å². The van der Waals surface area contributed by atoms with Crippen molar-refractivity contribution < 1.29 is 0 Å². The summed E-state index contributed by atoms with van der Waals surface area (Å²) >= 11 is 0. The van der Waals surface area contributed by atoms with E-state index in [1.165, 1.54) is 6.08 Å². The molecule has 0 aromatic heterocycles. The van der Waals surface area contributed by atoms with Gasteiger partial charge in [0.1, 0.15) is 0 Å². The maximum Gasteiger partial charge on any atom is 0.0194 e. The molecule has 0 aromatic rings. The Morgan fingerprint density at radius 3 is 2.33 bits per heavy atom. The van der Waals surface area contributed by atoms with Gasteiger partial charge in [0.25, 0.3) is 0 Å². The van der Waals surface area contributed by atoms with Crippen molar-refractivity contribution in [1.29, 1.82) is 5.41 Å². The van der Waals surface area contributed by atoms with E-state index in [0.717, 1.165) is 6.21 Å². The van der Waals surface area contributed by atoms with Crippen LogP contribution in [0.15, 0.2) is 11.8 Å². The van der Waals surface area contributed by atoms with Crippen molar-refractivity contribution in [2.75, 3.05) is 0 Å². The van der Waals surface area contributed by atoms with E-state index in [4.69, 9.17) is 11.1 Å². The Hall–Kier alpha value is -0.790. The molecule has 34 valence electrons. The number of hydrogen-bond acceptors (Lipinski definition) is 2. The first kappa shape index (κ1) is 5.21. The van der Waals surface area contributed by atoms with Gasteiger partial charge in [-0.3, -0.25) is 0 Å². The van der Waals surface area contributed by atoms with Gasteiger partial charge >= 0.3 is 0 Å². The van der Waals surface area contributed by atoms with E-state index in [1.807, 2.05) is 0 Å². The van der Waals surface area contributed by atoms with Crippen LogP contribution >= 0.6 is 0 Å². The minimum absolute atomic E-state index is 0.671. The van der Waals surface area contributed by atoms with Crippen LogP contribution in [-0.4, -0.2) is 6.21 Å². The van der Waals surface area contributed by atoms with Crippen LogP contribution in [0.5, 0.6) is 0 Å². The molecule has 0 aliphatic heterocycles. The summed E-state index contributed by atoms with van der Waals surface area (Å²) in [6.45, 7) is 1.74. The van der Waals surface area contributed by atoms with Crippen molar-refractivity contribution in [2.45, 2.75) is 6.92 Å². The first-order valence-electron chi connectivity index (χ1n) is 1.70. The summed E-state index contributed by atoms with van der Waals surface area (Å²) in [7, 11) is 0. The highest BCUT2D eigenvalue weighted by atomic mass is 14.5. The molecule has 0 aromatic carbocycles. The van der Waals surface area contributed by atoms with Crippen molar-refractivity contribution in [1.82, 2.24) is 0 Å². The SMILES string of the molecule is C/C(N)=C/C=N. The number of hydrogen-bond donors (Lipinski definition) is 2. The van der Waals surface area contributed by atoms with E-state index >= 15 is 0 Å². The average Bonchev–Trinajstić information content (AvgIpc) is 1.35. The van der Waals surface area contributed by atoms with E-state index in [-0.39, 0.29) is 0 Å². The van der Waals surface area contributed by atoms with Crippen LogP contribution in [0.25, 0.3) is 0 Å². The standard InChI is InChI=1S/C4H8N2/c1-4(6)2-3-5/h2-3,5H,6H2,1H3/b4-2-,5-3?. The second kappa shape index (κ2) is 2.45. The van der Waals surface area contributed by atoms with Crippen molar-refractivity contribution in [3.63, 3.8) is 0 Å². The van der Waals surface area contributed by atoms with Crippen molar-refractivity contribution in [3.8, 4) is 0 Å². The molecule has 0 unspecified atom stereocenters. The summed E-state index contributed by atoms with van der Waals surface area (Å²) in [5, 5.41) is 6.45. The molecule has 0 rings (SSSR count). The molecular weight excluding hydrogens is 76.1 g/mol. The topological polar surface area (TPSA) is 49.9 Å². The summed E-state index contributed by atoms with van der Waals surface area (Å²) < 4.78 is 0. The summed E-state index contributed by atoms with van der Waals surface area (Å²) in [6.07, 6.45) is 2.69. The highest BCUT2D eigenvalue weighted by molar-refractivity contribution is 5.68. The highest BCUT2D eigenvalue weighted by Crippen LogP contribution is 1.70. The Bertz CT molecular complexity index is 69.6. The number of nitrogens with two attached hydrogens (primary N) is 1. The van der Waals surface area contributed by atoms with Crippen LogP contribution < -0.4 is 5.73 Å². The van der Waals surface area contributed by atoms with Gasteiger partial charge in [0.15, 0.2) is 0 Å². The molecule has 0 saturated carbocycles. The summed E-state index contributed by atoms with van der Waals surface area (Å²) in [5.74, 6) is 0. The first-order chi connectivity index (χ1) is 2.77. The van der Waals surface area contributed by atoms with Crippen LogP contribution in [0.4, 0.5) is 0 Å². The summed E-state index contributed by atoms with van der Waals surface area (Å²) in [5.41, 5.74) is 5.78. The highest BCUT2D eigenvalue weighted by Gasteiger charge is 1.64. The molecule has 0 bridgehead atoms. The Morgan fingerprint density at radius 1 is 1.83 bits per heavy atom. The molecule has 0 radical (unpaired) electrons. The van der Waals surface area contributed by atoms with Crippen LogP contribution in [0, 0.1) is 5.41 Å². The molecule has 0 saturated heterocycles. The van der Waals surface area contributed by atoms with Crippen LogP contribution in [0.1, 0.15) is 6.92 Å². The smallest absolute Gasteiger partial charge is 0.0194 e. The second-order valence-corrected chi connectivity index (χ2v) is 1.08. The van der Waals surface area contributed by atoms with Gasteiger partial charge < -0.3 is 11.1 Å². The van der Waals surface area contributed by atoms with E-state index in [9.17, 15) is 0 Å². The fourth-order valence-corrected chi connectivity index (χ4v) is 0.131. The van der Waals surface area contributed by atoms with Crippen molar-refractivity contribution in [2.24, 2.45) is 5.73 Å². The maximum atomic E-state index is 6.45. The Kier molecular flexibility index (Phi) is 2.13. The third-order valence-electron chi connectivity index (χ3n) is 0.346. The lowest BCUT2D eigenvalue weighted by Crippen LogP contribution is -1.88. The monoisotopic (exact) mass is 84.1 g/mol. The fraction of sp³-hybridized carbons (Fsp3) is 0.250. The molecule has 2 heteroatoms. The normalized spacial score (nSPS) is 11.2. The molecule has 0 spiro atoms. The quantitative estimate of drug-likeness (QED) is 0.446. The average molecular weight is 84.1 g/mol. The molecule has 2 nitrogen and oxygen atoms in total. The minimum Gasteiger partial charge on any atom is -0.402 e. The van der Waals surface area contributed by atoms with Crippen molar-refractivity contribution >= 4 is 6.21 Å². The number of allylic oxidation sites excluding steroid dienone is 2. The molecule has 3 N–H and O–H groups in total. The van der Waals surface area contributed by atoms with Crippen LogP contribution in [0.3, 0.4) is 0 Å². The van der Waals surface area contributed by atoms with E-state index < -0.39 is 0 Å². The lowest BCUT2D eigenvalue weighted by Gasteiger charge is -1.77. The molecule has 0 heterocycles. The Morgan fingerprint density at radius 2 is 2.33 bits per heavy atom. The summed E-state index contributed by atoms with van der Waals surface area (Å²) in [6, 6.07) is 0. The molecule has 0 amide bonds. The predicted octanol–water partition coefficient (Wildman–Crippen LogP) is 0.498. The Balaban J connectivity index is 3.41. The number of rotatable bonds is 1. The van der Waals surface area contributed by atoms with Gasteiger partial charge in [0, 0.05) is 11.9 Å². The van der Waals surface area contributed by atoms with Gasteiger partial charge in [0.05, 0.1) is 0 Å². The van der Waals surface area contributed by atoms with Gasteiger partial charge in [-0.15, -0.1) is 0 Å². The van der Waals surface area contributed by atoms with E-state index in [0.29, 0.717) is 5.70 Å². The second-order valence-electron chi connectivity index (χ2n) is 1.08.